The van der Waals surface area contributed by atoms with E-state index < -0.39 is 24.2 Å². The number of carbonyl (C=O) groups excluding carboxylic acids is 3. The lowest BCUT2D eigenvalue weighted by Gasteiger charge is -2.09. The number of carbonyl (C=O) groups is 3. The van der Waals surface area contributed by atoms with Gasteiger partial charge in [-0.15, -0.1) is 11.8 Å². The second-order valence-electron chi connectivity index (χ2n) is 5.08. The molecule has 130 valence electrons. The first-order valence-corrected chi connectivity index (χ1v) is 8.55. The Labute approximate surface area is 148 Å². The average Bonchev–Trinajstić information content (AvgIpc) is 2.58. The van der Waals surface area contributed by atoms with Crippen molar-refractivity contribution in [2.45, 2.75) is 11.8 Å². The highest BCUT2D eigenvalue weighted by molar-refractivity contribution is 7.98. The Bertz CT molecular complexity index is 822. The molecule has 0 aliphatic rings. The fourth-order valence-electron chi connectivity index (χ4n) is 2.12. The maximum absolute atomic E-state index is 14.0. The number of ketones is 1. The molecule has 0 unspecified atom stereocenters. The van der Waals surface area contributed by atoms with Crippen LogP contribution in [-0.4, -0.2) is 30.5 Å². The van der Waals surface area contributed by atoms with Crippen LogP contribution in [-0.2, 0) is 9.53 Å². The average molecular weight is 361 g/mol. The number of esters is 1. The first kappa shape index (κ1) is 18.7. The molecule has 2 aromatic rings. The Balaban J connectivity index is 2.05. The fraction of sp³-hybridized carbons (Fsp3) is 0.167. The van der Waals surface area contributed by atoms with Gasteiger partial charge in [-0.05, 0) is 36.6 Å². The second-order valence-corrected chi connectivity index (χ2v) is 5.92. The summed E-state index contributed by atoms with van der Waals surface area (Å²) in [6, 6.07) is 10.5. The standard InChI is InChI=1S/C18H16FNO4S/c1-11(21)20-12-7-8-13(15(19)9-12)16(22)10-24-18(23)14-5-3-4-6-17(14)25-2/h3-9H,10H2,1-2H3,(H,20,21). The number of Topliss-reactive ketones (excluding diaryl/α,β-unsaturated/α-hetero) is 1. The zero-order valence-electron chi connectivity index (χ0n) is 13.7. The Morgan fingerprint density at radius 2 is 1.84 bits per heavy atom. The van der Waals surface area contributed by atoms with E-state index in [2.05, 4.69) is 5.32 Å². The summed E-state index contributed by atoms with van der Waals surface area (Å²) in [5, 5.41) is 2.42. The van der Waals surface area contributed by atoms with E-state index in [1.165, 1.54) is 30.8 Å². The van der Waals surface area contributed by atoms with Crippen molar-refractivity contribution in [3.8, 4) is 0 Å². The smallest absolute Gasteiger partial charge is 0.339 e. The van der Waals surface area contributed by atoms with Crippen molar-refractivity contribution in [3.63, 3.8) is 0 Å². The van der Waals surface area contributed by atoms with Crippen molar-refractivity contribution in [1.29, 1.82) is 0 Å². The Kier molecular flexibility index (Phi) is 6.30. The molecule has 1 amide bonds. The SMILES string of the molecule is CSc1ccccc1C(=O)OCC(=O)c1ccc(NC(C)=O)cc1F. The first-order valence-electron chi connectivity index (χ1n) is 7.33. The molecule has 7 heteroatoms. The molecule has 0 saturated heterocycles. The monoisotopic (exact) mass is 361 g/mol. The molecule has 0 saturated carbocycles. The topological polar surface area (TPSA) is 72.5 Å². The number of anilines is 1. The third kappa shape index (κ3) is 4.90. The van der Waals surface area contributed by atoms with Gasteiger partial charge in [-0.3, -0.25) is 9.59 Å². The molecule has 0 fully saturated rings. The van der Waals surface area contributed by atoms with Gasteiger partial charge >= 0.3 is 5.97 Å². The van der Waals surface area contributed by atoms with Crippen molar-refractivity contribution in [3.05, 3.63) is 59.4 Å². The van der Waals surface area contributed by atoms with Gasteiger partial charge < -0.3 is 10.1 Å². The predicted octanol–water partition coefficient (Wildman–Crippen LogP) is 3.55. The lowest BCUT2D eigenvalue weighted by atomic mass is 10.1. The van der Waals surface area contributed by atoms with Crippen LogP contribution in [0.4, 0.5) is 10.1 Å². The quantitative estimate of drug-likeness (QED) is 0.484. The molecule has 25 heavy (non-hydrogen) atoms. The Hall–Kier alpha value is -2.67. The first-order chi connectivity index (χ1) is 11.9. The van der Waals surface area contributed by atoms with E-state index in [-0.39, 0.29) is 17.2 Å². The molecule has 0 bridgehead atoms. The number of hydrogen-bond donors (Lipinski definition) is 1. The molecule has 0 radical (unpaired) electrons. The van der Waals surface area contributed by atoms with E-state index in [9.17, 15) is 18.8 Å². The van der Waals surface area contributed by atoms with E-state index in [4.69, 9.17) is 4.74 Å². The summed E-state index contributed by atoms with van der Waals surface area (Å²) < 4.78 is 19.0. The van der Waals surface area contributed by atoms with E-state index in [1.807, 2.05) is 6.26 Å². The third-order valence-corrected chi connectivity index (χ3v) is 4.05. The molecule has 5 nitrogen and oxygen atoms in total. The lowest BCUT2D eigenvalue weighted by Crippen LogP contribution is -2.16. The number of thioether (sulfide) groups is 1. The summed E-state index contributed by atoms with van der Waals surface area (Å²) >= 11 is 1.38. The van der Waals surface area contributed by atoms with Gasteiger partial charge in [0.1, 0.15) is 5.82 Å². The van der Waals surface area contributed by atoms with Crippen molar-refractivity contribution in [1.82, 2.24) is 0 Å². The summed E-state index contributed by atoms with van der Waals surface area (Å²) in [4.78, 5) is 35.8. The maximum Gasteiger partial charge on any atom is 0.339 e. The summed E-state index contributed by atoms with van der Waals surface area (Å²) in [7, 11) is 0. The molecule has 0 aromatic heterocycles. The number of nitrogens with one attached hydrogen (secondary N) is 1. The van der Waals surface area contributed by atoms with Crippen LogP contribution in [0.15, 0.2) is 47.4 Å². The van der Waals surface area contributed by atoms with Gasteiger partial charge in [0.2, 0.25) is 11.7 Å². The fourth-order valence-corrected chi connectivity index (χ4v) is 2.71. The highest BCUT2D eigenvalue weighted by Gasteiger charge is 2.17. The van der Waals surface area contributed by atoms with Crippen molar-refractivity contribution in [2.24, 2.45) is 0 Å². The minimum atomic E-state index is -0.795. The summed E-state index contributed by atoms with van der Waals surface area (Å²) in [5.74, 6) is -2.45. The minimum absolute atomic E-state index is 0.208. The molecular weight excluding hydrogens is 345 g/mol. The largest absolute Gasteiger partial charge is 0.454 e. The molecule has 1 N–H and O–H groups in total. The maximum atomic E-state index is 14.0. The molecule has 0 aliphatic heterocycles. The van der Waals surface area contributed by atoms with Gasteiger partial charge in [0.05, 0.1) is 11.1 Å². The highest BCUT2D eigenvalue weighted by Crippen LogP contribution is 2.21. The predicted molar refractivity (Wildman–Crippen MR) is 93.5 cm³/mol. The summed E-state index contributed by atoms with van der Waals surface area (Å²) in [5.41, 5.74) is 0.386. The van der Waals surface area contributed by atoms with Crippen molar-refractivity contribution in [2.75, 3.05) is 18.2 Å². The summed E-state index contributed by atoms with van der Waals surface area (Å²) in [6.07, 6.45) is 1.82. The number of hydrogen-bond acceptors (Lipinski definition) is 5. The molecule has 0 heterocycles. The highest BCUT2D eigenvalue weighted by atomic mass is 32.2. The number of ether oxygens (including phenoxy) is 1. The van der Waals surface area contributed by atoms with Crippen LogP contribution < -0.4 is 5.32 Å². The summed E-state index contributed by atoms with van der Waals surface area (Å²) in [6.45, 7) is 0.723. The van der Waals surface area contributed by atoms with Crippen LogP contribution in [0, 0.1) is 5.82 Å². The molecular formula is C18H16FNO4S. The van der Waals surface area contributed by atoms with Gasteiger partial charge in [0, 0.05) is 17.5 Å². The second kappa shape index (κ2) is 8.43. The van der Waals surface area contributed by atoms with E-state index in [0.29, 0.717) is 5.56 Å². The van der Waals surface area contributed by atoms with Gasteiger partial charge in [0.15, 0.2) is 6.61 Å². The molecule has 0 atom stereocenters. The normalized spacial score (nSPS) is 10.2. The number of halogens is 1. The van der Waals surface area contributed by atoms with E-state index >= 15 is 0 Å². The Morgan fingerprint density at radius 3 is 2.48 bits per heavy atom. The van der Waals surface area contributed by atoms with Gasteiger partial charge in [-0.1, -0.05) is 12.1 Å². The molecule has 0 spiro atoms. The molecule has 2 aromatic carbocycles. The van der Waals surface area contributed by atoms with E-state index in [1.54, 1.807) is 24.3 Å². The zero-order valence-corrected chi connectivity index (χ0v) is 14.5. The van der Waals surface area contributed by atoms with Gasteiger partial charge in [-0.2, -0.15) is 0 Å². The third-order valence-electron chi connectivity index (χ3n) is 3.25. The number of rotatable bonds is 6. The molecule has 2 rings (SSSR count). The van der Waals surface area contributed by atoms with Crippen LogP contribution in [0.1, 0.15) is 27.6 Å². The van der Waals surface area contributed by atoms with Crippen LogP contribution >= 0.6 is 11.8 Å². The van der Waals surface area contributed by atoms with Crippen LogP contribution in [0.2, 0.25) is 0 Å². The number of amides is 1. The van der Waals surface area contributed by atoms with Crippen LogP contribution in [0.25, 0.3) is 0 Å². The van der Waals surface area contributed by atoms with Gasteiger partial charge in [0.25, 0.3) is 0 Å². The van der Waals surface area contributed by atoms with Crippen molar-refractivity contribution < 1.29 is 23.5 Å². The van der Waals surface area contributed by atoms with E-state index in [0.717, 1.165) is 11.0 Å². The number of benzene rings is 2. The zero-order chi connectivity index (χ0) is 18.4. The van der Waals surface area contributed by atoms with Crippen LogP contribution in [0.5, 0.6) is 0 Å². The lowest BCUT2D eigenvalue weighted by molar-refractivity contribution is -0.114. The van der Waals surface area contributed by atoms with Crippen molar-refractivity contribution >= 4 is 35.1 Å². The minimum Gasteiger partial charge on any atom is -0.454 e. The van der Waals surface area contributed by atoms with Crippen LogP contribution in [0.3, 0.4) is 0 Å². The molecule has 0 aliphatic carbocycles. The van der Waals surface area contributed by atoms with Gasteiger partial charge in [-0.25, -0.2) is 9.18 Å². The Morgan fingerprint density at radius 1 is 1.12 bits per heavy atom.